The summed E-state index contributed by atoms with van der Waals surface area (Å²) in [6.07, 6.45) is 1.59. The molecule has 7 heteroatoms. The monoisotopic (exact) mass is 393 g/mol. The van der Waals surface area contributed by atoms with Crippen LogP contribution in [0.15, 0.2) is 60.8 Å². The van der Waals surface area contributed by atoms with Crippen LogP contribution in [0, 0.1) is 11.7 Å². The van der Waals surface area contributed by atoms with E-state index in [2.05, 4.69) is 51.8 Å². The SMILES string of the molecule is CN1C[C@@H](CNC(=O)c2cn(Cc3cccc(F)c3)nn2)[C@H](c2ccccc2)C1. The lowest BCUT2D eigenvalue weighted by molar-refractivity contribution is 0.0941. The normalized spacial score (nSPS) is 19.4. The van der Waals surface area contributed by atoms with Crippen molar-refractivity contribution in [1.82, 2.24) is 25.2 Å². The number of amides is 1. The molecule has 0 aliphatic carbocycles. The first-order valence-electron chi connectivity index (χ1n) is 9.75. The molecule has 150 valence electrons. The van der Waals surface area contributed by atoms with Crippen molar-refractivity contribution in [2.45, 2.75) is 12.5 Å². The van der Waals surface area contributed by atoms with Gasteiger partial charge >= 0.3 is 0 Å². The highest BCUT2D eigenvalue weighted by Crippen LogP contribution is 2.31. The number of benzene rings is 2. The van der Waals surface area contributed by atoms with Crippen LogP contribution in [0.3, 0.4) is 0 Å². The third-order valence-electron chi connectivity index (χ3n) is 5.38. The Labute approximate surface area is 169 Å². The molecule has 1 N–H and O–H groups in total. The highest BCUT2D eigenvalue weighted by atomic mass is 19.1. The van der Waals surface area contributed by atoms with Crippen LogP contribution in [0.1, 0.15) is 27.5 Å². The van der Waals surface area contributed by atoms with Crippen LogP contribution in [0.25, 0.3) is 0 Å². The van der Waals surface area contributed by atoms with Crippen molar-refractivity contribution in [2.75, 3.05) is 26.7 Å². The van der Waals surface area contributed by atoms with Gasteiger partial charge in [0.05, 0.1) is 12.7 Å². The second-order valence-corrected chi connectivity index (χ2v) is 7.64. The maximum absolute atomic E-state index is 13.3. The topological polar surface area (TPSA) is 63.1 Å². The predicted molar refractivity (Wildman–Crippen MR) is 108 cm³/mol. The number of halogens is 1. The fourth-order valence-corrected chi connectivity index (χ4v) is 3.99. The van der Waals surface area contributed by atoms with Crippen molar-refractivity contribution in [3.63, 3.8) is 0 Å². The van der Waals surface area contributed by atoms with Gasteiger partial charge in [0.2, 0.25) is 0 Å². The Morgan fingerprint density at radius 3 is 2.79 bits per heavy atom. The number of nitrogens with one attached hydrogen (secondary N) is 1. The predicted octanol–water partition coefficient (Wildman–Crippen LogP) is 2.54. The van der Waals surface area contributed by atoms with E-state index in [9.17, 15) is 9.18 Å². The lowest BCUT2D eigenvalue weighted by atomic mass is 9.89. The van der Waals surface area contributed by atoms with E-state index in [1.165, 1.54) is 17.7 Å². The van der Waals surface area contributed by atoms with Crippen molar-refractivity contribution >= 4 is 5.91 Å². The van der Waals surface area contributed by atoms with E-state index in [0.29, 0.717) is 24.9 Å². The molecule has 1 saturated heterocycles. The maximum atomic E-state index is 13.3. The molecule has 0 radical (unpaired) electrons. The smallest absolute Gasteiger partial charge is 0.273 e. The minimum Gasteiger partial charge on any atom is -0.350 e. The molecule has 0 unspecified atom stereocenters. The minimum atomic E-state index is -0.296. The van der Waals surface area contributed by atoms with Gasteiger partial charge in [-0.3, -0.25) is 4.79 Å². The Balaban J connectivity index is 1.36. The second kappa shape index (κ2) is 8.53. The zero-order valence-electron chi connectivity index (χ0n) is 16.3. The van der Waals surface area contributed by atoms with Gasteiger partial charge in [-0.25, -0.2) is 9.07 Å². The first kappa shape index (κ1) is 19.3. The van der Waals surface area contributed by atoms with Crippen LogP contribution in [0.2, 0.25) is 0 Å². The van der Waals surface area contributed by atoms with Gasteiger partial charge in [0.1, 0.15) is 5.82 Å². The molecule has 0 spiro atoms. The van der Waals surface area contributed by atoms with Crippen molar-refractivity contribution in [1.29, 1.82) is 0 Å². The molecular weight excluding hydrogens is 369 g/mol. The third-order valence-corrected chi connectivity index (χ3v) is 5.38. The van der Waals surface area contributed by atoms with Crippen LogP contribution in [-0.2, 0) is 6.54 Å². The minimum absolute atomic E-state index is 0.239. The molecule has 2 aromatic carbocycles. The van der Waals surface area contributed by atoms with Gasteiger partial charge in [0, 0.05) is 25.6 Å². The number of carbonyl (C=O) groups is 1. The van der Waals surface area contributed by atoms with Crippen molar-refractivity contribution in [3.05, 3.63) is 83.4 Å². The van der Waals surface area contributed by atoms with E-state index in [1.54, 1.807) is 16.9 Å². The van der Waals surface area contributed by atoms with E-state index in [1.807, 2.05) is 12.1 Å². The van der Waals surface area contributed by atoms with E-state index in [-0.39, 0.29) is 17.4 Å². The Hall–Kier alpha value is -3.06. The van der Waals surface area contributed by atoms with Gasteiger partial charge in [0.25, 0.3) is 5.91 Å². The summed E-state index contributed by atoms with van der Waals surface area (Å²) in [6.45, 7) is 2.86. The molecule has 0 saturated carbocycles. The summed E-state index contributed by atoms with van der Waals surface area (Å²) in [5.41, 5.74) is 2.34. The van der Waals surface area contributed by atoms with Gasteiger partial charge in [-0.05, 0) is 36.2 Å². The Morgan fingerprint density at radius 2 is 2.00 bits per heavy atom. The zero-order valence-corrected chi connectivity index (χ0v) is 16.3. The zero-order chi connectivity index (χ0) is 20.2. The summed E-state index contributed by atoms with van der Waals surface area (Å²) in [5.74, 6) is 0.200. The lowest BCUT2D eigenvalue weighted by Gasteiger charge is -2.19. The molecule has 0 bridgehead atoms. The van der Waals surface area contributed by atoms with Gasteiger partial charge in [-0.1, -0.05) is 47.7 Å². The van der Waals surface area contributed by atoms with Gasteiger partial charge in [0.15, 0.2) is 5.69 Å². The highest BCUT2D eigenvalue weighted by molar-refractivity contribution is 5.91. The lowest BCUT2D eigenvalue weighted by Crippen LogP contribution is -2.32. The Kier molecular flexibility index (Phi) is 5.67. The Bertz CT molecular complexity index is 974. The number of likely N-dealkylation sites (N-methyl/N-ethyl adjacent to an activating group) is 1. The molecule has 6 nitrogen and oxygen atoms in total. The van der Waals surface area contributed by atoms with Crippen molar-refractivity contribution < 1.29 is 9.18 Å². The quantitative estimate of drug-likeness (QED) is 0.699. The van der Waals surface area contributed by atoms with Crippen LogP contribution in [0.4, 0.5) is 4.39 Å². The molecular formula is C22H24FN5O. The standard InChI is InChI=1S/C22H24FN5O/c1-27-13-18(20(14-27)17-7-3-2-4-8-17)11-24-22(29)21-15-28(26-25-21)12-16-6-5-9-19(23)10-16/h2-10,15,18,20H,11-14H2,1H3,(H,24,29)/t18-,20+/m1/s1. The van der Waals surface area contributed by atoms with E-state index >= 15 is 0 Å². The molecule has 2 heterocycles. The molecule has 1 amide bonds. The van der Waals surface area contributed by atoms with E-state index in [0.717, 1.165) is 18.7 Å². The molecule has 1 aromatic heterocycles. The fourth-order valence-electron chi connectivity index (χ4n) is 3.99. The number of nitrogens with zero attached hydrogens (tertiary/aromatic N) is 4. The average molecular weight is 393 g/mol. The van der Waals surface area contributed by atoms with Crippen LogP contribution >= 0.6 is 0 Å². The molecule has 4 rings (SSSR count). The van der Waals surface area contributed by atoms with E-state index < -0.39 is 0 Å². The summed E-state index contributed by atoms with van der Waals surface area (Å²) in [4.78, 5) is 14.8. The largest absolute Gasteiger partial charge is 0.350 e. The fraction of sp³-hybridized carbons (Fsp3) is 0.318. The molecule has 29 heavy (non-hydrogen) atoms. The average Bonchev–Trinajstić information content (AvgIpc) is 3.33. The summed E-state index contributed by atoms with van der Waals surface area (Å²) in [7, 11) is 2.11. The summed E-state index contributed by atoms with van der Waals surface area (Å²) < 4.78 is 14.9. The van der Waals surface area contributed by atoms with Crippen LogP contribution in [-0.4, -0.2) is 52.5 Å². The number of rotatable bonds is 6. The number of hydrogen-bond donors (Lipinski definition) is 1. The Morgan fingerprint density at radius 1 is 1.17 bits per heavy atom. The van der Waals surface area contributed by atoms with Crippen molar-refractivity contribution in [3.8, 4) is 0 Å². The summed E-state index contributed by atoms with van der Waals surface area (Å²) in [6, 6.07) is 16.7. The maximum Gasteiger partial charge on any atom is 0.273 e. The molecule has 1 fully saturated rings. The van der Waals surface area contributed by atoms with Gasteiger partial charge in [-0.15, -0.1) is 5.10 Å². The molecule has 1 aliphatic rings. The first-order chi connectivity index (χ1) is 14.1. The van der Waals surface area contributed by atoms with Crippen LogP contribution < -0.4 is 5.32 Å². The van der Waals surface area contributed by atoms with Gasteiger partial charge < -0.3 is 10.2 Å². The summed E-state index contributed by atoms with van der Waals surface area (Å²) >= 11 is 0. The summed E-state index contributed by atoms with van der Waals surface area (Å²) in [5, 5.41) is 11.0. The first-order valence-corrected chi connectivity index (χ1v) is 9.75. The third kappa shape index (κ3) is 4.68. The number of carbonyl (C=O) groups excluding carboxylic acids is 1. The second-order valence-electron chi connectivity index (χ2n) is 7.64. The molecule has 3 aromatic rings. The molecule has 2 atom stereocenters. The number of aromatic nitrogens is 3. The highest BCUT2D eigenvalue weighted by Gasteiger charge is 2.32. The van der Waals surface area contributed by atoms with Crippen LogP contribution in [0.5, 0.6) is 0 Å². The van der Waals surface area contributed by atoms with Crippen molar-refractivity contribution in [2.24, 2.45) is 5.92 Å². The molecule has 1 aliphatic heterocycles. The van der Waals surface area contributed by atoms with Gasteiger partial charge in [-0.2, -0.15) is 0 Å². The van der Waals surface area contributed by atoms with E-state index in [4.69, 9.17) is 0 Å². The number of hydrogen-bond acceptors (Lipinski definition) is 4. The number of likely N-dealkylation sites (tertiary alicyclic amines) is 1.